The third kappa shape index (κ3) is 2.78. The number of rotatable bonds is 2. The van der Waals surface area contributed by atoms with Gasteiger partial charge in [-0.3, -0.25) is 0 Å². The Labute approximate surface area is 116 Å². The molecule has 0 aliphatic carbocycles. The molecule has 19 heavy (non-hydrogen) atoms. The second-order valence-corrected chi connectivity index (χ2v) is 6.15. The minimum Gasteiger partial charge on any atom is -0.409 e. The lowest BCUT2D eigenvalue weighted by molar-refractivity contribution is 0.318. The van der Waals surface area contributed by atoms with Crippen LogP contribution in [0.4, 0.5) is 10.1 Å². The van der Waals surface area contributed by atoms with Crippen molar-refractivity contribution in [3.05, 3.63) is 29.6 Å². The van der Waals surface area contributed by atoms with Gasteiger partial charge in [0, 0.05) is 29.2 Å². The van der Waals surface area contributed by atoms with Crippen LogP contribution in [0.15, 0.2) is 23.4 Å². The summed E-state index contributed by atoms with van der Waals surface area (Å²) in [5.74, 6) is 0.573. The molecule has 1 heterocycles. The third-order valence-corrected chi connectivity index (χ3v) is 4.88. The fourth-order valence-corrected chi connectivity index (χ4v) is 3.33. The lowest BCUT2D eigenvalue weighted by Crippen LogP contribution is -2.45. The van der Waals surface area contributed by atoms with E-state index in [1.807, 2.05) is 11.8 Å². The topological polar surface area (TPSA) is 61.8 Å². The molecule has 1 fully saturated rings. The maximum absolute atomic E-state index is 14.2. The molecule has 3 N–H and O–H groups in total. The van der Waals surface area contributed by atoms with E-state index >= 15 is 0 Å². The van der Waals surface area contributed by atoms with E-state index in [4.69, 9.17) is 10.9 Å². The highest BCUT2D eigenvalue weighted by Crippen LogP contribution is 2.30. The summed E-state index contributed by atoms with van der Waals surface area (Å²) in [7, 11) is 0. The van der Waals surface area contributed by atoms with Crippen molar-refractivity contribution < 1.29 is 9.60 Å². The normalized spacial score (nSPS) is 24.6. The molecule has 4 nitrogen and oxygen atoms in total. The SMILES string of the molecule is CC1SCCN(c2ccc(/C(N)=N/O)cc2F)C1C. The zero-order valence-electron chi connectivity index (χ0n) is 11.0. The molecule has 0 radical (unpaired) electrons. The van der Waals surface area contributed by atoms with Crippen molar-refractivity contribution in [2.45, 2.75) is 25.1 Å². The van der Waals surface area contributed by atoms with Crippen LogP contribution >= 0.6 is 11.8 Å². The summed E-state index contributed by atoms with van der Waals surface area (Å²) in [5, 5.41) is 12.0. The average molecular weight is 283 g/mol. The van der Waals surface area contributed by atoms with Crippen molar-refractivity contribution in [3.63, 3.8) is 0 Å². The van der Waals surface area contributed by atoms with Crippen LogP contribution in [0, 0.1) is 5.82 Å². The average Bonchev–Trinajstić information content (AvgIpc) is 2.41. The van der Waals surface area contributed by atoms with Crippen LogP contribution in [0.25, 0.3) is 0 Å². The Morgan fingerprint density at radius 3 is 2.89 bits per heavy atom. The van der Waals surface area contributed by atoms with E-state index < -0.39 is 0 Å². The molecule has 0 amide bonds. The van der Waals surface area contributed by atoms with E-state index in [-0.39, 0.29) is 17.7 Å². The van der Waals surface area contributed by atoms with Crippen molar-refractivity contribution in [3.8, 4) is 0 Å². The van der Waals surface area contributed by atoms with Gasteiger partial charge in [-0.05, 0) is 25.1 Å². The highest BCUT2D eigenvalue weighted by atomic mass is 32.2. The van der Waals surface area contributed by atoms with Gasteiger partial charge in [-0.1, -0.05) is 12.1 Å². The van der Waals surface area contributed by atoms with Crippen LogP contribution < -0.4 is 10.6 Å². The first kappa shape index (κ1) is 14.0. The third-order valence-electron chi connectivity index (χ3n) is 3.54. The first-order valence-corrected chi connectivity index (χ1v) is 7.25. The predicted octanol–water partition coefficient (Wildman–Crippen LogP) is 2.25. The van der Waals surface area contributed by atoms with Crippen molar-refractivity contribution in [1.82, 2.24) is 0 Å². The minimum absolute atomic E-state index is 0.0823. The largest absolute Gasteiger partial charge is 0.409 e. The van der Waals surface area contributed by atoms with Gasteiger partial charge in [0.2, 0.25) is 0 Å². The first-order chi connectivity index (χ1) is 9.04. The van der Waals surface area contributed by atoms with Gasteiger partial charge in [0.1, 0.15) is 5.82 Å². The molecule has 1 aromatic carbocycles. The fraction of sp³-hybridized carbons (Fsp3) is 0.462. The lowest BCUT2D eigenvalue weighted by Gasteiger charge is -2.39. The smallest absolute Gasteiger partial charge is 0.170 e. The summed E-state index contributed by atoms with van der Waals surface area (Å²) in [6.07, 6.45) is 0. The Bertz CT molecular complexity index is 495. The van der Waals surface area contributed by atoms with Crippen LogP contribution in [0.5, 0.6) is 0 Å². The Morgan fingerprint density at radius 2 is 2.26 bits per heavy atom. The highest BCUT2D eigenvalue weighted by Gasteiger charge is 2.27. The number of hydrogen-bond donors (Lipinski definition) is 2. The molecule has 2 rings (SSSR count). The zero-order chi connectivity index (χ0) is 14.0. The Kier molecular flexibility index (Phi) is 4.19. The van der Waals surface area contributed by atoms with Crippen molar-refractivity contribution in [2.75, 3.05) is 17.2 Å². The van der Waals surface area contributed by atoms with Crippen LogP contribution in [0.2, 0.25) is 0 Å². The number of hydrogen-bond acceptors (Lipinski definition) is 4. The number of halogens is 1. The quantitative estimate of drug-likeness (QED) is 0.378. The van der Waals surface area contributed by atoms with E-state index in [2.05, 4.69) is 23.9 Å². The zero-order valence-corrected chi connectivity index (χ0v) is 11.8. The first-order valence-electron chi connectivity index (χ1n) is 6.20. The van der Waals surface area contributed by atoms with Crippen molar-refractivity contribution in [2.24, 2.45) is 10.9 Å². The molecule has 1 aliphatic heterocycles. The molecule has 6 heteroatoms. The molecule has 2 atom stereocenters. The maximum Gasteiger partial charge on any atom is 0.170 e. The van der Waals surface area contributed by atoms with Gasteiger partial charge >= 0.3 is 0 Å². The van der Waals surface area contributed by atoms with Gasteiger partial charge in [0.25, 0.3) is 0 Å². The number of thioether (sulfide) groups is 1. The standard InChI is InChI=1S/C13H18FN3OS/c1-8-9(2)19-6-5-17(8)12-4-3-10(7-11(12)14)13(15)16-18/h3-4,7-9,18H,5-6H2,1-2H3,(H2,15,16). The molecule has 1 saturated heterocycles. The van der Waals surface area contributed by atoms with Gasteiger partial charge in [-0.2, -0.15) is 11.8 Å². The number of oxime groups is 1. The molecule has 2 unspecified atom stereocenters. The summed E-state index contributed by atoms with van der Waals surface area (Å²) < 4.78 is 14.2. The molecule has 0 spiro atoms. The Hall–Kier alpha value is -1.43. The fourth-order valence-electron chi connectivity index (χ4n) is 2.23. The molecule has 0 saturated carbocycles. The van der Waals surface area contributed by atoms with Crippen LogP contribution in [-0.4, -0.2) is 34.6 Å². The number of anilines is 1. The van der Waals surface area contributed by atoms with E-state index in [1.54, 1.807) is 12.1 Å². The number of benzene rings is 1. The van der Waals surface area contributed by atoms with Gasteiger partial charge in [-0.15, -0.1) is 0 Å². The molecule has 1 aliphatic rings. The van der Waals surface area contributed by atoms with Gasteiger partial charge in [0.05, 0.1) is 5.69 Å². The molecule has 1 aromatic rings. The summed E-state index contributed by atoms with van der Waals surface area (Å²) >= 11 is 1.91. The van der Waals surface area contributed by atoms with E-state index in [1.165, 1.54) is 6.07 Å². The van der Waals surface area contributed by atoms with E-state index in [0.29, 0.717) is 16.5 Å². The minimum atomic E-state index is -0.338. The lowest BCUT2D eigenvalue weighted by atomic mass is 10.1. The van der Waals surface area contributed by atoms with Gasteiger partial charge in [0.15, 0.2) is 5.84 Å². The monoisotopic (exact) mass is 283 g/mol. The van der Waals surface area contributed by atoms with Gasteiger partial charge in [-0.25, -0.2) is 4.39 Å². The molecule has 104 valence electrons. The van der Waals surface area contributed by atoms with Crippen LogP contribution in [0.1, 0.15) is 19.4 Å². The summed E-state index contributed by atoms with van der Waals surface area (Å²) in [6, 6.07) is 4.96. The number of amidine groups is 1. The van der Waals surface area contributed by atoms with E-state index in [9.17, 15) is 4.39 Å². The molecular weight excluding hydrogens is 265 g/mol. The molecule has 0 bridgehead atoms. The summed E-state index contributed by atoms with van der Waals surface area (Å²) in [6.45, 7) is 5.09. The van der Waals surface area contributed by atoms with Crippen molar-refractivity contribution in [1.29, 1.82) is 0 Å². The second-order valence-electron chi connectivity index (χ2n) is 4.66. The molecular formula is C13H18FN3OS. The van der Waals surface area contributed by atoms with Gasteiger partial charge < -0.3 is 15.8 Å². The maximum atomic E-state index is 14.2. The number of nitrogens with two attached hydrogens (primary N) is 1. The van der Waals surface area contributed by atoms with Crippen LogP contribution in [0.3, 0.4) is 0 Å². The highest BCUT2D eigenvalue weighted by molar-refractivity contribution is 8.00. The summed E-state index contributed by atoms with van der Waals surface area (Å²) in [5.41, 5.74) is 6.42. The van der Waals surface area contributed by atoms with Crippen molar-refractivity contribution >= 4 is 23.3 Å². The van der Waals surface area contributed by atoms with E-state index in [0.717, 1.165) is 12.3 Å². The number of nitrogens with zero attached hydrogens (tertiary/aromatic N) is 2. The second kappa shape index (κ2) is 5.69. The Balaban J connectivity index is 2.30. The molecule has 0 aromatic heterocycles. The predicted molar refractivity (Wildman–Crippen MR) is 77.6 cm³/mol. The summed E-state index contributed by atoms with van der Waals surface area (Å²) in [4.78, 5) is 2.08. The Morgan fingerprint density at radius 1 is 1.53 bits per heavy atom. The van der Waals surface area contributed by atoms with Crippen LogP contribution in [-0.2, 0) is 0 Å².